The van der Waals surface area contributed by atoms with E-state index in [1.54, 1.807) is 4.57 Å². The van der Waals surface area contributed by atoms with Crippen LogP contribution in [-0.2, 0) is 9.47 Å². The van der Waals surface area contributed by atoms with Gasteiger partial charge in [-0.25, -0.2) is 4.98 Å². The summed E-state index contributed by atoms with van der Waals surface area (Å²) in [5.74, 6) is 0.000436. The first-order chi connectivity index (χ1) is 10.1. The number of aliphatic hydroxyl groups excluding tert-OH is 2. The van der Waals surface area contributed by atoms with E-state index in [1.807, 2.05) is 0 Å². The van der Waals surface area contributed by atoms with Gasteiger partial charge in [0.25, 0.3) is 0 Å². The molecule has 1 aliphatic heterocycles. The van der Waals surface area contributed by atoms with E-state index in [9.17, 15) is 10.2 Å². The summed E-state index contributed by atoms with van der Waals surface area (Å²) in [5, 5.41) is 19.4. The van der Waals surface area contributed by atoms with Gasteiger partial charge in [0.05, 0.1) is 12.9 Å². The SMILES string of the molecule is COC1C(O)C(CO)OC1n1cnc2c(Cl)nc(N)nc21. The summed E-state index contributed by atoms with van der Waals surface area (Å²) in [6, 6.07) is 0. The summed E-state index contributed by atoms with van der Waals surface area (Å²) in [4.78, 5) is 12.0. The third-order valence-corrected chi connectivity index (χ3v) is 3.70. The highest BCUT2D eigenvalue weighted by atomic mass is 35.5. The number of nitrogens with two attached hydrogens (primary N) is 1. The van der Waals surface area contributed by atoms with Gasteiger partial charge in [-0.1, -0.05) is 11.6 Å². The molecule has 2 aromatic rings. The van der Waals surface area contributed by atoms with Crippen LogP contribution in [-0.4, -0.2) is 61.8 Å². The molecule has 0 bridgehead atoms. The van der Waals surface area contributed by atoms with Crippen molar-refractivity contribution in [2.45, 2.75) is 24.5 Å². The van der Waals surface area contributed by atoms with E-state index in [0.717, 1.165) is 0 Å². The molecule has 9 nitrogen and oxygen atoms in total. The van der Waals surface area contributed by atoms with Crippen LogP contribution in [0.5, 0.6) is 0 Å². The van der Waals surface area contributed by atoms with Crippen molar-refractivity contribution in [1.29, 1.82) is 0 Å². The Labute approximate surface area is 124 Å². The van der Waals surface area contributed by atoms with E-state index < -0.39 is 24.5 Å². The monoisotopic (exact) mass is 315 g/mol. The Morgan fingerprint density at radius 3 is 2.95 bits per heavy atom. The van der Waals surface area contributed by atoms with E-state index in [4.69, 9.17) is 26.8 Å². The fourth-order valence-corrected chi connectivity index (χ4v) is 2.65. The minimum Gasteiger partial charge on any atom is -0.394 e. The molecule has 1 aliphatic rings. The van der Waals surface area contributed by atoms with Crippen molar-refractivity contribution in [3.63, 3.8) is 0 Å². The lowest BCUT2D eigenvalue weighted by Gasteiger charge is -2.19. The third kappa shape index (κ3) is 2.23. The molecule has 4 N–H and O–H groups in total. The zero-order valence-electron chi connectivity index (χ0n) is 11.0. The summed E-state index contributed by atoms with van der Waals surface area (Å²) >= 11 is 5.97. The summed E-state index contributed by atoms with van der Waals surface area (Å²) in [5.41, 5.74) is 6.32. The number of imidazole rings is 1. The number of aliphatic hydroxyl groups is 2. The fourth-order valence-electron chi connectivity index (χ4n) is 2.43. The van der Waals surface area contributed by atoms with E-state index in [1.165, 1.54) is 13.4 Å². The molecule has 114 valence electrons. The smallest absolute Gasteiger partial charge is 0.223 e. The van der Waals surface area contributed by atoms with Crippen molar-refractivity contribution in [1.82, 2.24) is 19.5 Å². The highest BCUT2D eigenvalue weighted by Crippen LogP contribution is 2.33. The number of fused-ring (bicyclic) bond motifs is 1. The minimum atomic E-state index is -0.975. The Morgan fingerprint density at radius 1 is 1.52 bits per heavy atom. The van der Waals surface area contributed by atoms with E-state index in [2.05, 4.69) is 15.0 Å². The zero-order valence-corrected chi connectivity index (χ0v) is 11.8. The lowest BCUT2D eigenvalue weighted by atomic mass is 10.1. The van der Waals surface area contributed by atoms with Gasteiger partial charge in [0, 0.05) is 7.11 Å². The second-order valence-corrected chi connectivity index (χ2v) is 4.99. The van der Waals surface area contributed by atoms with E-state index in [-0.39, 0.29) is 17.7 Å². The molecule has 0 aliphatic carbocycles. The quantitative estimate of drug-likeness (QED) is 0.636. The molecule has 0 spiro atoms. The van der Waals surface area contributed by atoms with E-state index in [0.29, 0.717) is 11.2 Å². The number of rotatable bonds is 3. The van der Waals surface area contributed by atoms with Gasteiger partial charge in [-0.15, -0.1) is 0 Å². The van der Waals surface area contributed by atoms with Gasteiger partial charge in [-0.2, -0.15) is 9.97 Å². The molecule has 3 heterocycles. The third-order valence-electron chi connectivity index (χ3n) is 3.44. The maximum absolute atomic E-state index is 10.1. The van der Waals surface area contributed by atoms with Crippen LogP contribution in [0.2, 0.25) is 5.15 Å². The predicted molar refractivity (Wildman–Crippen MR) is 72.5 cm³/mol. The number of nitrogens with zero attached hydrogens (tertiary/aromatic N) is 4. The molecule has 3 rings (SSSR count). The Bertz CT molecular complexity index is 665. The molecular formula is C11H14ClN5O4. The summed E-state index contributed by atoms with van der Waals surface area (Å²) in [6.07, 6.45) is -1.68. The van der Waals surface area contributed by atoms with Gasteiger partial charge in [0.1, 0.15) is 23.8 Å². The van der Waals surface area contributed by atoms with Crippen molar-refractivity contribution in [3.8, 4) is 0 Å². The summed E-state index contributed by atoms with van der Waals surface area (Å²) in [6.45, 7) is -0.331. The van der Waals surface area contributed by atoms with Gasteiger partial charge in [-0.3, -0.25) is 4.57 Å². The van der Waals surface area contributed by atoms with Crippen LogP contribution in [0.25, 0.3) is 11.2 Å². The Hall–Kier alpha value is -1.52. The van der Waals surface area contributed by atoms with Crippen LogP contribution in [0.3, 0.4) is 0 Å². The minimum absolute atomic E-state index is 0.000436. The van der Waals surface area contributed by atoms with Crippen LogP contribution >= 0.6 is 11.6 Å². The fraction of sp³-hybridized carbons (Fsp3) is 0.545. The predicted octanol–water partition coefficient (Wildman–Crippen LogP) is -0.672. The maximum atomic E-state index is 10.1. The number of hydrogen-bond donors (Lipinski definition) is 3. The van der Waals surface area contributed by atoms with Crippen molar-refractivity contribution >= 4 is 28.7 Å². The highest BCUT2D eigenvalue weighted by molar-refractivity contribution is 6.33. The summed E-state index contributed by atoms with van der Waals surface area (Å²) < 4.78 is 12.4. The molecule has 4 unspecified atom stereocenters. The average molecular weight is 316 g/mol. The first kappa shape index (κ1) is 14.4. The summed E-state index contributed by atoms with van der Waals surface area (Å²) in [7, 11) is 1.44. The number of ether oxygens (including phenoxy) is 2. The van der Waals surface area contributed by atoms with Crippen LogP contribution in [0.4, 0.5) is 5.95 Å². The van der Waals surface area contributed by atoms with Crippen molar-refractivity contribution in [2.75, 3.05) is 19.5 Å². The maximum Gasteiger partial charge on any atom is 0.223 e. The number of nitrogen functional groups attached to an aromatic ring is 1. The number of aromatic nitrogens is 4. The second kappa shape index (κ2) is 5.35. The van der Waals surface area contributed by atoms with Gasteiger partial charge in [0.15, 0.2) is 17.0 Å². The standard InChI is InChI=1S/C11H14ClN5O4/c1-20-7-6(19)4(2-18)21-10(7)17-3-14-5-8(12)15-11(13)16-9(5)17/h3-4,6-7,10,18-19H,2H2,1H3,(H2,13,15,16). The first-order valence-electron chi connectivity index (χ1n) is 6.19. The second-order valence-electron chi connectivity index (χ2n) is 4.64. The topological polar surface area (TPSA) is 129 Å². The Balaban J connectivity index is 2.08. The number of anilines is 1. The molecule has 2 aromatic heterocycles. The van der Waals surface area contributed by atoms with Gasteiger partial charge in [-0.05, 0) is 0 Å². The van der Waals surface area contributed by atoms with Crippen molar-refractivity contribution in [3.05, 3.63) is 11.5 Å². The lowest BCUT2D eigenvalue weighted by Crippen LogP contribution is -2.34. The first-order valence-corrected chi connectivity index (χ1v) is 6.57. The molecule has 0 saturated carbocycles. The highest BCUT2D eigenvalue weighted by Gasteiger charge is 2.45. The molecule has 0 aromatic carbocycles. The van der Waals surface area contributed by atoms with Gasteiger partial charge >= 0.3 is 0 Å². The lowest BCUT2D eigenvalue weighted by molar-refractivity contribution is -0.0583. The largest absolute Gasteiger partial charge is 0.394 e. The Kier molecular flexibility index (Phi) is 3.68. The van der Waals surface area contributed by atoms with Crippen LogP contribution in [0, 0.1) is 0 Å². The Morgan fingerprint density at radius 2 is 2.29 bits per heavy atom. The molecule has 4 atom stereocenters. The molecule has 21 heavy (non-hydrogen) atoms. The van der Waals surface area contributed by atoms with Crippen molar-refractivity contribution < 1.29 is 19.7 Å². The number of methoxy groups -OCH3 is 1. The number of halogens is 1. The number of hydrogen-bond acceptors (Lipinski definition) is 8. The van der Waals surface area contributed by atoms with Gasteiger partial charge < -0.3 is 25.4 Å². The average Bonchev–Trinajstić information content (AvgIpc) is 2.99. The zero-order chi connectivity index (χ0) is 15.1. The van der Waals surface area contributed by atoms with Crippen LogP contribution < -0.4 is 5.73 Å². The van der Waals surface area contributed by atoms with Crippen LogP contribution in [0.15, 0.2) is 6.33 Å². The molecule has 0 amide bonds. The normalized spacial score (nSPS) is 29.3. The van der Waals surface area contributed by atoms with Gasteiger partial charge in [0.2, 0.25) is 5.95 Å². The molecule has 10 heteroatoms. The molecular weight excluding hydrogens is 302 g/mol. The van der Waals surface area contributed by atoms with E-state index >= 15 is 0 Å². The van der Waals surface area contributed by atoms with Crippen LogP contribution in [0.1, 0.15) is 6.23 Å². The molecule has 1 saturated heterocycles. The molecule has 1 fully saturated rings. The molecule has 0 radical (unpaired) electrons. The van der Waals surface area contributed by atoms with Crippen molar-refractivity contribution in [2.24, 2.45) is 0 Å².